The molecule has 4 heteroatoms. The molecule has 17 heavy (non-hydrogen) atoms. The monoisotopic (exact) mass is 228 g/mol. The summed E-state index contributed by atoms with van der Waals surface area (Å²) in [6.07, 6.45) is 1.73. The lowest BCUT2D eigenvalue weighted by molar-refractivity contribution is 0.432. The highest BCUT2D eigenvalue weighted by atomic mass is 19.1. The lowest BCUT2D eigenvalue weighted by Gasteiger charge is -2.03. The van der Waals surface area contributed by atoms with Crippen LogP contribution in [0.4, 0.5) is 4.39 Å². The molecule has 0 aliphatic heterocycles. The van der Waals surface area contributed by atoms with E-state index in [2.05, 4.69) is 10.2 Å². The fourth-order valence-corrected chi connectivity index (χ4v) is 1.80. The van der Waals surface area contributed by atoms with Gasteiger partial charge in [0.2, 0.25) is 0 Å². The number of phenols is 1. The summed E-state index contributed by atoms with van der Waals surface area (Å²) < 4.78 is 13.2. The minimum atomic E-state index is -0.618. The van der Waals surface area contributed by atoms with Gasteiger partial charge in [-0.25, -0.2) is 4.39 Å². The Kier molecular flexibility index (Phi) is 2.08. The number of phenolic OH excluding ortho intramolecular Hbond substituents is 1. The van der Waals surface area contributed by atoms with Gasteiger partial charge in [0.05, 0.1) is 11.7 Å². The molecule has 0 unspecified atom stereocenters. The van der Waals surface area contributed by atoms with E-state index in [1.165, 1.54) is 12.1 Å². The molecular formula is C13H9FN2O. The average molecular weight is 228 g/mol. The fourth-order valence-electron chi connectivity index (χ4n) is 1.80. The summed E-state index contributed by atoms with van der Waals surface area (Å²) in [6, 6.07) is 10.0. The van der Waals surface area contributed by atoms with Crippen molar-refractivity contribution in [2.75, 3.05) is 0 Å². The van der Waals surface area contributed by atoms with E-state index in [1.807, 2.05) is 18.2 Å². The quantitative estimate of drug-likeness (QED) is 0.672. The van der Waals surface area contributed by atoms with E-state index in [9.17, 15) is 4.39 Å². The number of nitrogens with one attached hydrogen (secondary N) is 1. The molecule has 0 fully saturated rings. The molecule has 84 valence electrons. The topological polar surface area (TPSA) is 48.9 Å². The summed E-state index contributed by atoms with van der Waals surface area (Å²) >= 11 is 0. The van der Waals surface area contributed by atoms with Crippen molar-refractivity contribution in [3.63, 3.8) is 0 Å². The first-order valence-electron chi connectivity index (χ1n) is 5.16. The lowest BCUT2D eigenvalue weighted by Crippen LogP contribution is -1.81. The maximum Gasteiger partial charge on any atom is 0.165 e. The normalized spacial score (nSPS) is 10.9. The number of halogens is 1. The van der Waals surface area contributed by atoms with Gasteiger partial charge in [0.1, 0.15) is 0 Å². The van der Waals surface area contributed by atoms with Crippen molar-refractivity contribution in [2.45, 2.75) is 0 Å². The average Bonchev–Trinajstić information content (AvgIpc) is 2.79. The van der Waals surface area contributed by atoms with Crippen molar-refractivity contribution in [3.05, 3.63) is 48.4 Å². The van der Waals surface area contributed by atoms with E-state index in [1.54, 1.807) is 12.3 Å². The second-order valence-electron chi connectivity index (χ2n) is 3.84. The SMILES string of the molecule is Oc1ccc(-c2ccc3cn[nH]c3c2)cc1F. The molecule has 0 aliphatic rings. The number of aromatic nitrogens is 2. The molecule has 3 aromatic rings. The van der Waals surface area contributed by atoms with Crippen LogP contribution in [0.1, 0.15) is 0 Å². The van der Waals surface area contributed by atoms with Crippen molar-refractivity contribution in [3.8, 4) is 16.9 Å². The molecule has 2 aromatic carbocycles. The third-order valence-electron chi connectivity index (χ3n) is 2.72. The summed E-state index contributed by atoms with van der Waals surface area (Å²) in [5.41, 5.74) is 2.49. The summed E-state index contributed by atoms with van der Waals surface area (Å²) in [7, 11) is 0. The van der Waals surface area contributed by atoms with Crippen molar-refractivity contribution in [1.82, 2.24) is 10.2 Å². The molecule has 2 N–H and O–H groups in total. The molecule has 0 aliphatic carbocycles. The Morgan fingerprint density at radius 3 is 2.65 bits per heavy atom. The Bertz CT molecular complexity index is 691. The van der Waals surface area contributed by atoms with Crippen LogP contribution < -0.4 is 0 Å². The molecule has 0 bridgehead atoms. The molecule has 1 aromatic heterocycles. The maximum atomic E-state index is 13.2. The molecule has 0 spiro atoms. The number of aromatic amines is 1. The van der Waals surface area contributed by atoms with Crippen molar-refractivity contribution < 1.29 is 9.50 Å². The number of H-pyrrole nitrogens is 1. The van der Waals surface area contributed by atoms with Gasteiger partial charge in [-0.05, 0) is 29.3 Å². The van der Waals surface area contributed by atoms with Crippen LogP contribution in [0.5, 0.6) is 5.75 Å². The second-order valence-corrected chi connectivity index (χ2v) is 3.84. The van der Waals surface area contributed by atoms with E-state index >= 15 is 0 Å². The molecule has 3 rings (SSSR count). The van der Waals surface area contributed by atoms with Gasteiger partial charge in [-0.1, -0.05) is 18.2 Å². The first-order valence-corrected chi connectivity index (χ1v) is 5.16. The Hall–Kier alpha value is -2.36. The van der Waals surface area contributed by atoms with Crippen LogP contribution in [0.2, 0.25) is 0 Å². The summed E-state index contributed by atoms with van der Waals surface area (Å²) in [4.78, 5) is 0. The molecule has 0 radical (unpaired) electrons. The Labute approximate surface area is 96.5 Å². The van der Waals surface area contributed by atoms with E-state index < -0.39 is 5.82 Å². The van der Waals surface area contributed by atoms with Crippen molar-refractivity contribution >= 4 is 10.9 Å². The number of nitrogens with zero attached hydrogens (tertiary/aromatic N) is 1. The smallest absolute Gasteiger partial charge is 0.165 e. The number of benzene rings is 2. The number of aromatic hydroxyl groups is 1. The van der Waals surface area contributed by atoms with Crippen LogP contribution >= 0.6 is 0 Å². The zero-order valence-electron chi connectivity index (χ0n) is 8.81. The largest absolute Gasteiger partial charge is 0.505 e. The zero-order chi connectivity index (χ0) is 11.8. The predicted molar refractivity (Wildman–Crippen MR) is 63.2 cm³/mol. The van der Waals surface area contributed by atoms with Gasteiger partial charge in [-0.3, -0.25) is 5.10 Å². The molecule has 0 saturated carbocycles. The van der Waals surface area contributed by atoms with Crippen LogP contribution in [0.3, 0.4) is 0 Å². The van der Waals surface area contributed by atoms with E-state index in [4.69, 9.17) is 5.11 Å². The predicted octanol–water partition coefficient (Wildman–Crippen LogP) is 3.07. The molecule has 0 amide bonds. The first-order chi connectivity index (χ1) is 8.24. The second kappa shape index (κ2) is 3.59. The van der Waals surface area contributed by atoms with Crippen LogP contribution in [-0.2, 0) is 0 Å². The van der Waals surface area contributed by atoms with Crippen molar-refractivity contribution in [1.29, 1.82) is 0 Å². The minimum Gasteiger partial charge on any atom is -0.505 e. The molecule has 0 atom stereocenters. The van der Waals surface area contributed by atoms with Crippen LogP contribution in [0, 0.1) is 5.82 Å². The Morgan fingerprint density at radius 2 is 1.82 bits per heavy atom. The molecule has 0 saturated heterocycles. The van der Waals surface area contributed by atoms with Crippen LogP contribution in [0.15, 0.2) is 42.6 Å². The highest BCUT2D eigenvalue weighted by Gasteiger charge is 2.05. The lowest BCUT2D eigenvalue weighted by atomic mass is 10.0. The van der Waals surface area contributed by atoms with Crippen LogP contribution in [0.25, 0.3) is 22.0 Å². The Morgan fingerprint density at radius 1 is 1.06 bits per heavy atom. The minimum absolute atomic E-state index is 0.337. The number of hydrogen-bond donors (Lipinski definition) is 2. The van der Waals surface area contributed by atoms with Gasteiger partial charge in [-0.15, -0.1) is 0 Å². The van der Waals surface area contributed by atoms with Gasteiger partial charge in [-0.2, -0.15) is 5.10 Å². The van der Waals surface area contributed by atoms with E-state index in [-0.39, 0.29) is 5.75 Å². The highest BCUT2D eigenvalue weighted by molar-refractivity contribution is 5.83. The van der Waals surface area contributed by atoms with E-state index in [0.717, 1.165) is 22.0 Å². The maximum absolute atomic E-state index is 13.2. The fraction of sp³-hybridized carbons (Fsp3) is 0. The molecular weight excluding hydrogens is 219 g/mol. The summed E-state index contributed by atoms with van der Waals surface area (Å²) in [5, 5.41) is 16.9. The van der Waals surface area contributed by atoms with Gasteiger partial charge in [0.15, 0.2) is 11.6 Å². The van der Waals surface area contributed by atoms with Gasteiger partial charge >= 0.3 is 0 Å². The first kappa shape index (κ1) is 9.84. The Balaban J connectivity index is 2.16. The summed E-state index contributed by atoms with van der Waals surface area (Å²) in [5.74, 6) is -0.955. The highest BCUT2D eigenvalue weighted by Crippen LogP contribution is 2.26. The summed E-state index contributed by atoms with van der Waals surface area (Å²) in [6.45, 7) is 0. The number of rotatable bonds is 1. The molecule has 3 nitrogen and oxygen atoms in total. The van der Waals surface area contributed by atoms with Gasteiger partial charge in [0, 0.05) is 5.39 Å². The third-order valence-corrected chi connectivity index (χ3v) is 2.72. The van der Waals surface area contributed by atoms with Gasteiger partial charge < -0.3 is 5.11 Å². The van der Waals surface area contributed by atoms with Gasteiger partial charge in [0.25, 0.3) is 0 Å². The third kappa shape index (κ3) is 1.63. The van der Waals surface area contributed by atoms with E-state index in [0.29, 0.717) is 0 Å². The standard InChI is InChI=1S/C13H9FN2O/c14-11-5-8(3-4-13(11)17)9-1-2-10-7-15-16-12(10)6-9/h1-7,17H,(H,15,16). The molecule has 1 heterocycles. The zero-order valence-corrected chi connectivity index (χ0v) is 8.81. The number of fused-ring (bicyclic) bond motifs is 1. The van der Waals surface area contributed by atoms with Crippen molar-refractivity contribution in [2.24, 2.45) is 0 Å². The van der Waals surface area contributed by atoms with Crippen LogP contribution in [-0.4, -0.2) is 15.3 Å². The number of hydrogen-bond acceptors (Lipinski definition) is 2.